The molecule has 19 heavy (non-hydrogen) atoms. The Morgan fingerprint density at radius 3 is 2.53 bits per heavy atom. The molecule has 1 rings (SSSR count). The molecule has 0 saturated carbocycles. The first-order valence-corrected chi connectivity index (χ1v) is 8.62. The molecule has 0 spiro atoms. The highest BCUT2D eigenvalue weighted by Crippen LogP contribution is 2.22. The predicted molar refractivity (Wildman–Crippen MR) is 87.9 cm³/mol. The molecule has 4 heteroatoms. The molecule has 0 fully saturated rings. The fourth-order valence-electron chi connectivity index (χ4n) is 1.99. The van der Waals surface area contributed by atoms with Crippen molar-refractivity contribution < 1.29 is 5.11 Å². The van der Waals surface area contributed by atoms with Crippen LogP contribution in [0, 0.1) is 0 Å². The summed E-state index contributed by atoms with van der Waals surface area (Å²) >= 11 is 5.34. The second kappa shape index (κ2) is 9.01. The van der Waals surface area contributed by atoms with Crippen LogP contribution < -0.4 is 5.32 Å². The highest BCUT2D eigenvalue weighted by molar-refractivity contribution is 9.10. The lowest BCUT2D eigenvalue weighted by Gasteiger charge is -2.28. The monoisotopic (exact) mass is 345 g/mol. The van der Waals surface area contributed by atoms with E-state index in [1.807, 2.05) is 11.8 Å². The van der Waals surface area contributed by atoms with Crippen molar-refractivity contribution in [3.05, 3.63) is 28.7 Å². The molecule has 1 aromatic carbocycles. The summed E-state index contributed by atoms with van der Waals surface area (Å²) in [6, 6.07) is 8.45. The van der Waals surface area contributed by atoms with Crippen molar-refractivity contribution in [3.63, 3.8) is 0 Å². The van der Waals surface area contributed by atoms with Gasteiger partial charge in [-0.2, -0.15) is 0 Å². The van der Waals surface area contributed by atoms with Gasteiger partial charge in [0.25, 0.3) is 0 Å². The van der Waals surface area contributed by atoms with Gasteiger partial charge in [0.2, 0.25) is 0 Å². The SMILES string of the molecule is CCNC(C)(CO)CCCCSc1ccc(Br)cc1. The largest absolute Gasteiger partial charge is 0.394 e. The lowest BCUT2D eigenvalue weighted by Crippen LogP contribution is -2.45. The minimum atomic E-state index is -0.114. The van der Waals surface area contributed by atoms with Crippen LogP contribution in [0.3, 0.4) is 0 Å². The van der Waals surface area contributed by atoms with Gasteiger partial charge < -0.3 is 10.4 Å². The number of rotatable bonds is 9. The van der Waals surface area contributed by atoms with Crippen LogP contribution in [0.4, 0.5) is 0 Å². The fraction of sp³-hybridized carbons (Fsp3) is 0.600. The van der Waals surface area contributed by atoms with Gasteiger partial charge in [0.15, 0.2) is 0 Å². The van der Waals surface area contributed by atoms with E-state index in [1.165, 1.54) is 11.3 Å². The Hall–Kier alpha value is -0.0300. The molecule has 0 heterocycles. The van der Waals surface area contributed by atoms with Crippen LogP contribution in [-0.4, -0.2) is 29.5 Å². The molecular weight excluding hydrogens is 322 g/mol. The normalized spacial score (nSPS) is 14.3. The highest BCUT2D eigenvalue weighted by Gasteiger charge is 2.20. The summed E-state index contributed by atoms with van der Waals surface area (Å²) in [5.74, 6) is 1.13. The maximum atomic E-state index is 9.40. The van der Waals surface area contributed by atoms with Crippen molar-refractivity contribution in [1.82, 2.24) is 5.32 Å². The zero-order chi connectivity index (χ0) is 14.1. The van der Waals surface area contributed by atoms with E-state index in [4.69, 9.17) is 0 Å². The van der Waals surface area contributed by atoms with E-state index >= 15 is 0 Å². The van der Waals surface area contributed by atoms with E-state index in [2.05, 4.69) is 59.4 Å². The summed E-state index contributed by atoms with van der Waals surface area (Å²) in [6.45, 7) is 5.29. The molecule has 0 aliphatic carbocycles. The Morgan fingerprint density at radius 1 is 1.26 bits per heavy atom. The number of thioether (sulfide) groups is 1. The van der Waals surface area contributed by atoms with E-state index in [-0.39, 0.29) is 12.1 Å². The topological polar surface area (TPSA) is 32.3 Å². The first-order valence-electron chi connectivity index (χ1n) is 6.84. The van der Waals surface area contributed by atoms with Gasteiger partial charge in [-0.3, -0.25) is 0 Å². The summed E-state index contributed by atoms with van der Waals surface area (Å²) in [7, 11) is 0. The molecule has 0 aliphatic heterocycles. The van der Waals surface area contributed by atoms with E-state index in [1.54, 1.807) is 0 Å². The van der Waals surface area contributed by atoms with Gasteiger partial charge >= 0.3 is 0 Å². The van der Waals surface area contributed by atoms with Crippen molar-refractivity contribution in [2.24, 2.45) is 0 Å². The summed E-state index contributed by atoms with van der Waals surface area (Å²) in [4.78, 5) is 1.32. The zero-order valence-electron chi connectivity index (χ0n) is 11.8. The van der Waals surface area contributed by atoms with Crippen molar-refractivity contribution in [3.8, 4) is 0 Å². The number of benzene rings is 1. The Bertz CT molecular complexity index is 358. The number of likely N-dealkylation sites (N-methyl/N-ethyl adjacent to an activating group) is 1. The summed E-state index contributed by atoms with van der Waals surface area (Å²) in [6.07, 6.45) is 3.35. The van der Waals surface area contributed by atoms with Crippen molar-refractivity contribution in [2.45, 2.75) is 43.5 Å². The van der Waals surface area contributed by atoms with Crippen LogP contribution in [0.5, 0.6) is 0 Å². The van der Waals surface area contributed by atoms with Crippen LogP contribution in [0.15, 0.2) is 33.6 Å². The number of unbranched alkanes of at least 4 members (excludes halogenated alkanes) is 1. The Balaban J connectivity index is 2.18. The summed E-state index contributed by atoms with van der Waals surface area (Å²) in [5, 5.41) is 12.8. The van der Waals surface area contributed by atoms with Gasteiger partial charge in [-0.15, -0.1) is 11.8 Å². The zero-order valence-corrected chi connectivity index (χ0v) is 14.2. The molecule has 0 aromatic heterocycles. The van der Waals surface area contributed by atoms with E-state index in [9.17, 15) is 5.11 Å². The molecule has 1 aromatic rings. The Labute approximate surface area is 129 Å². The standard InChI is InChI=1S/C15H24BrNOS/c1-3-17-15(2,12-18)10-4-5-11-19-14-8-6-13(16)7-9-14/h6-9,17-18H,3-5,10-12H2,1-2H3. The first-order chi connectivity index (χ1) is 9.09. The second-order valence-corrected chi connectivity index (χ2v) is 7.09. The molecular formula is C15H24BrNOS. The highest BCUT2D eigenvalue weighted by atomic mass is 79.9. The average Bonchev–Trinajstić information content (AvgIpc) is 2.41. The van der Waals surface area contributed by atoms with Crippen molar-refractivity contribution >= 4 is 27.7 Å². The van der Waals surface area contributed by atoms with Crippen molar-refractivity contribution in [2.75, 3.05) is 18.9 Å². The smallest absolute Gasteiger partial charge is 0.0610 e. The number of hydrogen-bond donors (Lipinski definition) is 2. The lowest BCUT2D eigenvalue weighted by atomic mass is 9.96. The number of nitrogens with one attached hydrogen (secondary N) is 1. The van der Waals surface area contributed by atoms with Crippen LogP contribution in [0.25, 0.3) is 0 Å². The number of aliphatic hydroxyl groups excluding tert-OH is 1. The molecule has 0 bridgehead atoms. The third-order valence-electron chi connectivity index (χ3n) is 3.16. The maximum Gasteiger partial charge on any atom is 0.0610 e. The van der Waals surface area contributed by atoms with E-state index in [0.29, 0.717) is 0 Å². The van der Waals surface area contributed by atoms with Gasteiger partial charge in [-0.05, 0) is 56.3 Å². The Kier molecular flexibility index (Phi) is 8.07. The third kappa shape index (κ3) is 6.80. The predicted octanol–water partition coefficient (Wildman–Crippen LogP) is 4.07. The minimum absolute atomic E-state index is 0.114. The minimum Gasteiger partial charge on any atom is -0.394 e. The van der Waals surface area contributed by atoms with Crippen LogP contribution in [-0.2, 0) is 0 Å². The fourth-order valence-corrected chi connectivity index (χ4v) is 3.17. The molecule has 0 amide bonds. The third-order valence-corrected chi connectivity index (χ3v) is 4.78. The van der Waals surface area contributed by atoms with Crippen molar-refractivity contribution in [1.29, 1.82) is 0 Å². The quantitative estimate of drug-likeness (QED) is 0.522. The van der Waals surface area contributed by atoms with Gasteiger partial charge in [0.05, 0.1) is 6.61 Å². The first kappa shape index (κ1) is 17.0. The molecule has 2 N–H and O–H groups in total. The molecule has 2 nitrogen and oxygen atoms in total. The molecule has 1 unspecified atom stereocenters. The van der Waals surface area contributed by atoms with Gasteiger partial charge in [-0.1, -0.05) is 29.3 Å². The Morgan fingerprint density at radius 2 is 1.95 bits per heavy atom. The molecule has 1 atom stereocenters. The second-order valence-electron chi connectivity index (χ2n) is 5.01. The van der Waals surface area contributed by atoms with E-state index in [0.717, 1.165) is 29.6 Å². The average molecular weight is 346 g/mol. The maximum absolute atomic E-state index is 9.40. The lowest BCUT2D eigenvalue weighted by molar-refractivity contribution is 0.165. The molecule has 108 valence electrons. The van der Waals surface area contributed by atoms with Crippen LogP contribution >= 0.6 is 27.7 Å². The number of halogens is 1. The summed E-state index contributed by atoms with van der Waals surface area (Å²) in [5.41, 5.74) is -0.114. The van der Waals surface area contributed by atoms with Gasteiger partial charge in [0, 0.05) is 14.9 Å². The molecule has 0 saturated heterocycles. The molecule has 0 radical (unpaired) electrons. The van der Waals surface area contributed by atoms with Gasteiger partial charge in [-0.25, -0.2) is 0 Å². The van der Waals surface area contributed by atoms with Crippen LogP contribution in [0.2, 0.25) is 0 Å². The van der Waals surface area contributed by atoms with E-state index < -0.39 is 0 Å². The number of aliphatic hydroxyl groups is 1. The summed E-state index contributed by atoms with van der Waals surface area (Å²) < 4.78 is 1.13. The van der Waals surface area contributed by atoms with Gasteiger partial charge in [0.1, 0.15) is 0 Å². The molecule has 0 aliphatic rings. The van der Waals surface area contributed by atoms with Crippen LogP contribution in [0.1, 0.15) is 33.1 Å². The number of hydrogen-bond acceptors (Lipinski definition) is 3.